The number of hydrogen-bond donors (Lipinski definition) is 1. The largest absolute Gasteiger partial charge is 0.370 e. The van der Waals surface area contributed by atoms with Crippen molar-refractivity contribution in [2.24, 2.45) is 0 Å². The molecule has 1 aromatic carbocycles. The summed E-state index contributed by atoms with van der Waals surface area (Å²) in [6.07, 6.45) is 2.59. The van der Waals surface area contributed by atoms with Gasteiger partial charge in [0.1, 0.15) is 0 Å². The first-order valence-electron chi connectivity index (χ1n) is 6.14. The van der Waals surface area contributed by atoms with Crippen molar-refractivity contribution >= 4 is 44.2 Å². The van der Waals surface area contributed by atoms with E-state index in [1.807, 2.05) is 0 Å². The van der Waals surface area contributed by atoms with E-state index >= 15 is 0 Å². The third-order valence-corrected chi connectivity index (χ3v) is 5.51. The molecule has 17 heavy (non-hydrogen) atoms. The van der Waals surface area contributed by atoms with Crippen LogP contribution in [0.15, 0.2) is 22.7 Å². The average Bonchev–Trinajstić information content (AvgIpc) is 2.33. The van der Waals surface area contributed by atoms with E-state index in [0.29, 0.717) is 6.04 Å². The van der Waals surface area contributed by atoms with Crippen LogP contribution in [0, 0.1) is 3.57 Å². The molecule has 0 bridgehead atoms. The van der Waals surface area contributed by atoms with Gasteiger partial charge < -0.3 is 10.2 Å². The highest BCUT2D eigenvalue weighted by Crippen LogP contribution is 2.26. The number of piperidine rings is 1. The molecule has 0 aliphatic carbocycles. The van der Waals surface area contributed by atoms with E-state index in [1.165, 1.54) is 33.1 Å². The predicted molar refractivity (Wildman–Crippen MR) is 85.8 cm³/mol. The molecule has 1 heterocycles. The molecule has 1 saturated heterocycles. The van der Waals surface area contributed by atoms with E-state index in [0.717, 1.165) is 13.1 Å². The lowest BCUT2D eigenvalue weighted by atomic mass is 10.0. The molecule has 0 amide bonds. The van der Waals surface area contributed by atoms with Crippen LogP contribution in [0.4, 0.5) is 5.69 Å². The van der Waals surface area contributed by atoms with Crippen LogP contribution in [0.3, 0.4) is 0 Å². The monoisotopic (exact) mass is 408 g/mol. The molecule has 0 saturated carbocycles. The Balaban J connectivity index is 2.08. The van der Waals surface area contributed by atoms with Crippen molar-refractivity contribution in [3.8, 4) is 0 Å². The molecule has 1 unspecified atom stereocenters. The highest BCUT2D eigenvalue weighted by molar-refractivity contribution is 14.1. The number of rotatable bonds is 3. The van der Waals surface area contributed by atoms with Gasteiger partial charge in [0.15, 0.2) is 0 Å². The zero-order chi connectivity index (χ0) is 12.3. The normalized spacial score (nSPS) is 20.6. The first-order valence-corrected chi connectivity index (χ1v) is 8.01. The van der Waals surface area contributed by atoms with Gasteiger partial charge in [-0.3, -0.25) is 0 Å². The topological polar surface area (TPSA) is 15.3 Å². The molecular formula is C13H18BrIN2. The van der Waals surface area contributed by atoms with Gasteiger partial charge in [0.05, 0.1) is 0 Å². The molecular weight excluding hydrogens is 391 g/mol. The number of likely N-dealkylation sites (N-methyl/N-ethyl adjacent to an activating group) is 1. The zero-order valence-electron chi connectivity index (χ0n) is 10.0. The van der Waals surface area contributed by atoms with Gasteiger partial charge in [-0.25, -0.2) is 0 Å². The quantitative estimate of drug-likeness (QED) is 0.768. The Morgan fingerprint density at radius 1 is 1.53 bits per heavy atom. The SMILES string of the molecule is CCNC1CCCN(c2ccc(Br)c(I)c2)C1. The summed E-state index contributed by atoms with van der Waals surface area (Å²) in [5.41, 5.74) is 1.35. The maximum Gasteiger partial charge on any atom is 0.0378 e. The average molecular weight is 409 g/mol. The van der Waals surface area contributed by atoms with Gasteiger partial charge in [-0.2, -0.15) is 0 Å². The molecule has 1 fully saturated rings. The minimum absolute atomic E-state index is 0.648. The third-order valence-electron chi connectivity index (χ3n) is 3.18. The molecule has 2 rings (SSSR count). The van der Waals surface area contributed by atoms with Crippen LogP contribution < -0.4 is 10.2 Å². The molecule has 1 aliphatic heterocycles. The molecule has 1 aliphatic rings. The second-order valence-corrected chi connectivity index (χ2v) is 6.46. The number of halogens is 2. The van der Waals surface area contributed by atoms with E-state index in [-0.39, 0.29) is 0 Å². The Labute approximate surface area is 125 Å². The Morgan fingerprint density at radius 3 is 3.06 bits per heavy atom. The van der Waals surface area contributed by atoms with Gasteiger partial charge >= 0.3 is 0 Å². The summed E-state index contributed by atoms with van der Waals surface area (Å²) in [6.45, 7) is 5.56. The Kier molecular flexibility index (Phi) is 5.11. The molecule has 2 nitrogen and oxygen atoms in total. The first kappa shape index (κ1) is 13.6. The van der Waals surface area contributed by atoms with Gasteiger partial charge in [-0.15, -0.1) is 0 Å². The Morgan fingerprint density at radius 2 is 2.35 bits per heavy atom. The second-order valence-electron chi connectivity index (χ2n) is 4.44. The summed E-state index contributed by atoms with van der Waals surface area (Å²) >= 11 is 5.93. The lowest BCUT2D eigenvalue weighted by Crippen LogP contribution is -2.45. The summed E-state index contributed by atoms with van der Waals surface area (Å²) in [5, 5.41) is 3.56. The van der Waals surface area contributed by atoms with Gasteiger partial charge in [0, 0.05) is 32.9 Å². The second kappa shape index (κ2) is 6.38. The maximum atomic E-state index is 3.56. The van der Waals surface area contributed by atoms with Gasteiger partial charge in [0.2, 0.25) is 0 Å². The molecule has 94 valence electrons. The van der Waals surface area contributed by atoms with Gasteiger partial charge in [-0.1, -0.05) is 6.92 Å². The summed E-state index contributed by atoms with van der Waals surface area (Å²) in [6, 6.07) is 7.27. The van der Waals surface area contributed by atoms with Crippen LogP contribution in [0.25, 0.3) is 0 Å². The highest BCUT2D eigenvalue weighted by Gasteiger charge is 2.19. The van der Waals surface area contributed by atoms with Crippen molar-refractivity contribution < 1.29 is 0 Å². The van der Waals surface area contributed by atoms with Crippen LogP contribution in [0.2, 0.25) is 0 Å². The van der Waals surface area contributed by atoms with Crippen LogP contribution in [0.1, 0.15) is 19.8 Å². The van der Waals surface area contributed by atoms with Crippen molar-refractivity contribution in [3.05, 3.63) is 26.2 Å². The van der Waals surface area contributed by atoms with Gasteiger partial charge in [0.25, 0.3) is 0 Å². The lowest BCUT2D eigenvalue weighted by molar-refractivity contribution is 0.431. The molecule has 1 aromatic rings. The van der Waals surface area contributed by atoms with E-state index < -0.39 is 0 Å². The van der Waals surface area contributed by atoms with Crippen LogP contribution in [-0.4, -0.2) is 25.7 Å². The number of benzene rings is 1. The number of hydrogen-bond acceptors (Lipinski definition) is 2. The predicted octanol–water partition coefficient (Wildman–Crippen LogP) is 3.63. The summed E-state index contributed by atoms with van der Waals surface area (Å²) in [4.78, 5) is 2.49. The maximum absolute atomic E-state index is 3.56. The van der Waals surface area contributed by atoms with Crippen molar-refractivity contribution in [2.75, 3.05) is 24.5 Å². The molecule has 4 heteroatoms. The van der Waals surface area contributed by atoms with Crippen molar-refractivity contribution in [1.29, 1.82) is 0 Å². The smallest absolute Gasteiger partial charge is 0.0378 e. The van der Waals surface area contributed by atoms with Crippen molar-refractivity contribution in [3.63, 3.8) is 0 Å². The molecule has 1 N–H and O–H groups in total. The summed E-state index contributed by atoms with van der Waals surface area (Å²) in [7, 11) is 0. The molecule has 1 atom stereocenters. The standard InChI is InChI=1S/C13H18BrIN2/c1-2-16-10-4-3-7-17(9-10)11-5-6-12(14)13(15)8-11/h5-6,8,10,16H,2-4,7,9H2,1H3. The molecule has 0 radical (unpaired) electrons. The highest BCUT2D eigenvalue weighted by atomic mass is 127. The third kappa shape index (κ3) is 3.58. The zero-order valence-corrected chi connectivity index (χ0v) is 13.8. The lowest BCUT2D eigenvalue weighted by Gasteiger charge is -2.35. The fourth-order valence-corrected chi connectivity index (χ4v) is 3.09. The minimum atomic E-state index is 0.648. The molecule has 0 spiro atoms. The van der Waals surface area contributed by atoms with Gasteiger partial charge in [-0.05, 0) is 76.1 Å². The summed E-state index contributed by atoms with van der Waals surface area (Å²) < 4.78 is 2.47. The van der Waals surface area contributed by atoms with Crippen molar-refractivity contribution in [1.82, 2.24) is 5.32 Å². The summed E-state index contributed by atoms with van der Waals surface area (Å²) in [5.74, 6) is 0. The Hall–Kier alpha value is 0.190. The van der Waals surface area contributed by atoms with Crippen LogP contribution in [0.5, 0.6) is 0 Å². The minimum Gasteiger partial charge on any atom is -0.370 e. The molecule has 0 aromatic heterocycles. The Bertz CT molecular complexity index is 382. The fraction of sp³-hybridized carbons (Fsp3) is 0.538. The number of nitrogens with one attached hydrogen (secondary N) is 1. The van der Waals surface area contributed by atoms with Crippen LogP contribution in [-0.2, 0) is 0 Å². The van der Waals surface area contributed by atoms with E-state index in [1.54, 1.807) is 0 Å². The van der Waals surface area contributed by atoms with Crippen molar-refractivity contribution in [2.45, 2.75) is 25.8 Å². The number of nitrogens with zero attached hydrogens (tertiary/aromatic N) is 1. The van der Waals surface area contributed by atoms with Crippen LogP contribution >= 0.6 is 38.5 Å². The van der Waals surface area contributed by atoms with E-state index in [2.05, 4.69) is 73.9 Å². The fourth-order valence-electron chi connectivity index (χ4n) is 2.35. The van der Waals surface area contributed by atoms with E-state index in [4.69, 9.17) is 0 Å². The van der Waals surface area contributed by atoms with E-state index in [9.17, 15) is 0 Å². The first-order chi connectivity index (χ1) is 8.20. The number of anilines is 1.